The number of allylic oxidation sites excluding steroid dienone is 2. The van der Waals surface area contributed by atoms with Crippen molar-refractivity contribution in [3.63, 3.8) is 0 Å². The molecule has 0 aromatic rings. The Morgan fingerprint density at radius 2 is 1.71 bits per heavy atom. The van der Waals surface area contributed by atoms with Crippen LogP contribution in [0, 0.1) is 0 Å². The highest BCUT2D eigenvalue weighted by molar-refractivity contribution is 6.47. The standard InChI is InChI=1S/C7H6BF6NO2/c9-6(10,11)4-3-5(8(16)17,1-2-15-4)7(12,13)14/h2-3,16-17H,1H2. The minimum Gasteiger partial charge on any atom is -0.426 e. The molecule has 1 aliphatic heterocycles. The second-order valence-electron chi connectivity index (χ2n) is 3.45. The first-order chi connectivity index (χ1) is 7.51. The maximum absolute atomic E-state index is 12.6. The van der Waals surface area contributed by atoms with Crippen LogP contribution in [-0.2, 0) is 0 Å². The maximum atomic E-state index is 12.6. The third kappa shape index (κ3) is 2.47. The molecule has 0 saturated heterocycles. The summed E-state index contributed by atoms with van der Waals surface area (Å²) in [6.45, 7) is 0. The zero-order valence-electron chi connectivity index (χ0n) is 8.05. The predicted molar refractivity (Wildman–Crippen MR) is 46.2 cm³/mol. The van der Waals surface area contributed by atoms with Crippen LogP contribution in [0.3, 0.4) is 0 Å². The lowest BCUT2D eigenvalue weighted by Gasteiger charge is -2.33. The Labute approximate surface area is 91.6 Å². The molecule has 1 unspecified atom stereocenters. The van der Waals surface area contributed by atoms with Gasteiger partial charge >= 0.3 is 19.5 Å². The highest BCUT2D eigenvalue weighted by atomic mass is 19.4. The summed E-state index contributed by atoms with van der Waals surface area (Å²) in [6.07, 6.45) is -11.3. The van der Waals surface area contributed by atoms with Gasteiger partial charge in [-0.05, 0) is 12.5 Å². The van der Waals surface area contributed by atoms with Gasteiger partial charge in [-0.2, -0.15) is 26.3 Å². The topological polar surface area (TPSA) is 52.8 Å². The van der Waals surface area contributed by atoms with Crippen LogP contribution >= 0.6 is 0 Å². The lowest BCUT2D eigenvalue weighted by molar-refractivity contribution is -0.160. The first-order valence-electron chi connectivity index (χ1n) is 4.26. The Morgan fingerprint density at radius 3 is 2.06 bits per heavy atom. The molecule has 10 heteroatoms. The molecule has 0 aromatic carbocycles. The molecule has 2 N–H and O–H groups in total. The second-order valence-corrected chi connectivity index (χ2v) is 3.45. The third-order valence-electron chi connectivity index (χ3n) is 2.33. The lowest BCUT2D eigenvalue weighted by Crippen LogP contribution is -2.45. The van der Waals surface area contributed by atoms with Crippen LogP contribution in [0.4, 0.5) is 26.3 Å². The van der Waals surface area contributed by atoms with Crippen LogP contribution in [0.25, 0.3) is 0 Å². The van der Waals surface area contributed by atoms with E-state index < -0.39 is 36.9 Å². The second kappa shape index (κ2) is 4.02. The summed E-state index contributed by atoms with van der Waals surface area (Å²) < 4.78 is 74.5. The number of alkyl halides is 6. The van der Waals surface area contributed by atoms with Gasteiger partial charge in [0.15, 0.2) is 0 Å². The molecule has 1 aliphatic rings. The zero-order valence-corrected chi connectivity index (χ0v) is 8.05. The molecule has 0 saturated carbocycles. The average Bonchev–Trinajstić information content (AvgIpc) is 2.14. The third-order valence-corrected chi connectivity index (χ3v) is 2.33. The molecule has 96 valence electrons. The summed E-state index contributed by atoms with van der Waals surface area (Å²) in [4.78, 5) is 2.78. The molecular formula is C7H6BF6NO2. The van der Waals surface area contributed by atoms with Crippen molar-refractivity contribution in [3.8, 4) is 0 Å². The van der Waals surface area contributed by atoms with E-state index in [0.717, 1.165) is 0 Å². The SMILES string of the molecule is OB(O)C1(C(F)(F)F)C=C(C(F)(F)F)N=CC1. The summed E-state index contributed by atoms with van der Waals surface area (Å²) in [5.41, 5.74) is -1.80. The van der Waals surface area contributed by atoms with Gasteiger partial charge in [0.25, 0.3) is 0 Å². The number of rotatable bonds is 1. The first kappa shape index (κ1) is 14.0. The summed E-state index contributed by atoms with van der Waals surface area (Å²) in [6, 6.07) is 0. The van der Waals surface area contributed by atoms with E-state index in [1.807, 2.05) is 0 Å². The van der Waals surface area contributed by atoms with Crippen LogP contribution in [0.2, 0.25) is 5.31 Å². The molecule has 0 bridgehead atoms. The van der Waals surface area contributed by atoms with Crippen LogP contribution < -0.4 is 0 Å². The lowest BCUT2D eigenvalue weighted by atomic mass is 9.54. The largest absolute Gasteiger partial charge is 0.472 e. The molecule has 1 heterocycles. The molecule has 1 atom stereocenters. The van der Waals surface area contributed by atoms with Gasteiger partial charge in [0.1, 0.15) is 11.0 Å². The van der Waals surface area contributed by atoms with E-state index in [9.17, 15) is 26.3 Å². The minimum absolute atomic E-state index is 0.294. The highest BCUT2D eigenvalue weighted by Gasteiger charge is 2.62. The normalized spacial score (nSPS) is 25.8. The van der Waals surface area contributed by atoms with Gasteiger partial charge < -0.3 is 10.0 Å². The number of hydrogen-bond acceptors (Lipinski definition) is 3. The van der Waals surface area contributed by atoms with Crippen molar-refractivity contribution in [2.45, 2.75) is 24.1 Å². The maximum Gasteiger partial charge on any atom is 0.472 e. The van der Waals surface area contributed by atoms with Crippen LogP contribution in [0.1, 0.15) is 6.42 Å². The van der Waals surface area contributed by atoms with Crippen LogP contribution in [-0.4, -0.2) is 35.7 Å². The van der Waals surface area contributed by atoms with E-state index >= 15 is 0 Å². The molecule has 0 radical (unpaired) electrons. The number of nitrogens with zero attached hydrogens (tertiary/aromatic N) is 1. The average molecular weight is 261 g/mol. The first-order valence-corrected chi connectivity index (χ1v) is 4.26. The molecule has 3 nitrogen and oxygen atoms in total. The van der Waals surface area contributed by atoms with Gasteiger partial charge in [-0.3, -0.25) is 4.99 Å². The fourth-order valence-electron chi connectivity index (χ4n) is 1.31. The molecule has 1 rings (SSSR count). The van der Waals surface area contributed by atoms with E-state index in [2.05, 4.69) is 4.99 Å². The van der Waals surface area contributed by atoms with Gasteiger partial charge in [0.2, 0.25) is 0 Å². The Hall–Kier alpha value is -1.03. The fourth-order valence-corrected chi connectivity index (χ4v) is 1.31. The van der Waals surface area contributed by atoms with Gasteiger partial charge in [0, 0.05) is 6.21 Å². The van der Waals surface area contributed by atoms with Crippen molar-refractivity contribution in [2.24, 2.45) is 4.99 Å². The summed E-state index contributed by atoms with van der Waals surface area (Å²) >= 11 is 0. The Morgan fingerprint density at radius 1 is 1.18 bits per heavy atom. The Kier molecular flexibility index (Phi) is 3.32. The monoisotopic (exact) mass is 261 g/mol. The van der Waals surface area contributed by atoms with Crippen molar-refractivity contribution < 1.29 is 36.4 Å². The number of hydrogen-bond donors (Lipinski definition) is 2. The van der Waals surface area contributed by atoms with E-state index in [4.69, 9.17) is 10.0 Å². The van der Waals surface area contributed by atoms with Crippen molar-refractivity contribution >= 4 is 13.3 Å². The number of halogens is 6. The predicted octanol–water partition coefficient (Wildman–Crippen LogP) is 1.68. The van der Waals surface area contributed by atoms with E-state index in [-0.39, 0.29) is 6.08 Å². The molecule has 0 aliphatic carbocycles. The quantitative estimate of drug-likeness (QED) is 0.557. The van der Waals surface area contributed by atoms with E-state index in [1.165, 1.54) is 0 Å². The van der Waals surface area contributed by atoms with Crippen LogP contribution in [0.15, 0.2) is 16.8 Å². The van der Waals surface area contributed by atoms with Gasteiger partial charge in [-0.1, -0.05) is 0 Å². The van der Waals surface area contributed by atoms with Crippen molar-refractivity contribution in [3.05, 3.63) is 11.8 Å². The van der Waals surface area contributed by atoms with E-state index in [0.29, 0.717) is 6.21 Å². The van der Waals surface area contributed by atoms with Crippen molar-refractivity contribution in [1.29, 1.82) is 0 Å². The summed E-state index contributed by atoms with van der Waals surface area (Å²) in [5, 5.41) is 14.0. The fraction of sp³-hybridized carbons (Fsp3) is 0.571. The smallest absolute Gasteiger partial charge is 0.426 e. The zero-order chi connectivity index (χ0) is 13.5. The molecule has 0 aromatic heterocycles. The number of aliphatic imine (C=N–C) groups is 1. The van der Waals surface area contributed by atoms with Gasteiger partial charge in [-0.15, -0.1) is 0 Å². The summed E-state index contributed by atoms with van der Waals surface area (Å²) in [5.74, 6) is 0. The molecule has 0 spiro atoms. The van der Waals surface area contributed by atoms with Gasteiger partial charge in [0.05, 0.1) is 0 Å². The molecular weight excluding hydrogens is 255 g/mol. The van der Waals surface area contributed by atoms with Crippen molar-refractivity contribution in [2.75, 3.05) is 0 Å². The molecule has 0 fully saturated rings. The Bertz CT molecular complexity index is 360. The Balaban J connectivity index is 3.29. The molecule has 0 amide bonds. The summed E-state index contributed by atoms with van der Waals surface area (Å²) in [7, 11) is -2.99. The molecule has 17 heavy (non-hydrogen) atoms. The van der Waals surface area contributed by atoms with E-state index in [1.54, 1.807) is 0 Å². The van der Waals surface area contributed by atoms with Crippen molar-refractivity contribution in [1.82, 2.24) is 0 Å². The van der Waals surface area contributed by atoms with Crippen LogP contribution in [0.5, 0.6) is 0 Å². The van der Waals surface area contributed by atoms with Gasteiger partial charge in [-0.25, -0.2) is 0 Å². The minimum atomic E-state index is -5.23. The highest BCUT2D eigenvalue weighted by Crippen LogP contribution is 2.53.